The molecule has 1 saturated heterocycles. The second-order valence-electron chi connectivity index (χ2n) is 4.44. The Hall–Kier alpha value is -2.11. The molecule has 6 nitrogen and oxygen atoms in total. The van der Waals surface area contributed by atoms with Gasteiger partial charge in [0.25, 0.3) is 0 Å². The first kappa shape index (κ1) is 13.3. The molecule has 19 heavy (non-hydrogen) atoms. The highest BCUT2D eigenvalue weighted by Gasteiger charge is 2.37. The fourth-order valence-corrected chi connectivity index (χ4v) is 2.26. The maximum absolute atomic E-state index is 11.4. The molecule has 1 N–H and O–H groups in total. The van der Waals surface area contributed by atoms with E-state index in [1.54, 1.807) is 24.3 Å². The summed E-state index contributed by atoms with van der Waals surface area (Å²) in [5, 5.41) is 13.7. The van der Waals surface area contributed by atoms with Crippen LogP contribution in [0, 0.1) is 10.1 Å². The van der Waals surface area contributed by atoms with Crippen LogP contribution in [-0.2, 0) is 4.79 Å². The predicted octanol–water partition coefficient (Wildman–Crippen LogP) is 1.68. The van der Waals surface area contributed by atoms with Gasteiger partial charge in [-0.05, 0) is 24.6 Å². The lowest BCUT2D eigenvalue weighted by Crippen LogP contribution is -2.45. The van der Waals surface area contributed by atoms with E-state index in [4.69, 9.17) is 4.74 Å². The summed E-state index contributed by atoms with van der Waals surface area (Å²) < 4.78 is 5.32. The smallest absolute Gasteiger partial charge is 0.237 e. The zero-order valence-electron chi connectivity index (χ0n) is 10.7. The second-order valence-corrected chi connectivity index (χ2v) is 4.44. The van der Waals surface area contributed by atoms with Crippen LogP contribution in [0.15, 0.2) is 24.3 Å². The van der Waals surface area contributed by atoms with Gasteiger partial charge in [0.15, 0.2) is 0 Å². The Bertz CT molecular complexity index is 472. The molecule has 0 unspecified atom stereocenters. The molecular weight excluding hydrogens is 248 g/mol. The topological polar surface area (TPSA) is 81.5 Å². The molecule has 1 aliphatic heterocycles. The first-order valence-corrected chi connectivity index (χ1v) is 6.27. The van der Waals surface area contributed by atoms with E-state index in [0.29, 0.717) is 12.4 Å². The number of nitrogens with one attached hydrogen (secondary N) is 1. The zero-order chi connectivity index (χ0) is 13.8. The number of hydrogen-bond donors (Lipinski definition) is 1. The van der Waals surface area contributed by atoms with Gasteiger partial charge in [-0.2, -0.15) is 0 Å². The number of carbonyl (C=O) groups excluding carboxylic acids is 1. The van der Waals surface area contributed by atoms with Gasteiger partial charge in [-0.25, -0.2) is 0 Å². The van der Waals surface area contributed by atoms with E-state index in [2.05, 4.69) is 5.32 Å². The van der Waals surface area contributed by atoms with E-state index in [-0.39, 0.29) is 23.7 Å². The minimum absolute atomic E-state index is 0.142. The van der Waals surface area contributed by atoms with Crippen LogP contribution in [-0.4, -0.2) is 23.5 Å². The minimum Gasteiger partial charge on any atom is -0.494 e. The molecular formula is C13H16N2O4. The van der Waals surface area contributed by atoms with Gasteiger partial charge in [0, 0.05) is 17.8 Å². The molecule has 1 aromatic rings. The van der Waals surface area contributed by atoms with Crippen LogP contribution in [0.3, 0.4) is 0 Å². The highest BCUT2D eigenvalue weighted by atomic mass is 16.6. The lowest BCUT2D eigenvalue weighted by atomic mass is 9.92. The molecule has 1 amide bonds. The minimum atomic E-state index is -0.768. The molecule has 0 radical (unpaired) electrons. The van der Waals surface area contributed by atoms with Crippen molar-refractivity contribution in [2.75, 3.05) is 6.61 Å². The molecule has 1 aliphatic rings. The third-order valence-electron chi connectivity index (χ3n) is 3.19. The molecule has 102 valence electrons. The van der Waals surface area contributed by atoms with E-state index >= 15 is 0 Å². The number of nitrogens with zero attached hydrogens (tertiary/aromatic N) is 1. The monoisotopic (exact) mass is 264 g/mol. The van der Waals surface area contributed by atoms with Gasteiger partial charge in [-0.1, -0.05) is 12.1 Å². The number of nitro groups is 1. The summed E-state index contributed by atoms with van der Waals surface area (Å²) in [6.45, 7) is 2.45. The van der Waals surface area contributed by atoms with Crippen molar-refractivity contribution in [1.29, 1.82) is 0 Å². The van der Waals surface area contributed by atoms with E-state index in [1.807, 2.05) is 6.92 Å². The van der Waals surface area contributed by atoms with Crippen LogP contribution in [0.4, 0.5) is 0 Å². The number of hydrogen-bond acceptors (Lipinski definition) is 4. The highest BCUT2D eigenvalue weighted by Crippen LogP contribution is 2.27. The van der Waals surface area contributed by atoms with Crippen LogP contribution in [0.1, 0.15) is 31.4 Å². The van der Waals surface area contributed by atoms with Gasteiger partial charge in [0.05, 0.1) is 6.61 Å². The van der Waals surface area contributed by atoms with E-state index in [0.717, 1.165) is 5.56 Å². The third-order valence-corrected chi connectivity index (χ3v) is 3.19. The standard InChI is InChI=1S/C13H16N2O4/c1-2-19-10-5-3-9(4-6-10)13-11(15(17)18)7-8-12(16)14-13/h3-6,11,13H,2,7-8H2,1H3,(H,14,16)/t11-,13-/m1/s1. The Morgan fingerprint density at radius 2 is 2.11 bits per heavy atom. The fourth-order valence-electron chi connectivity index (χ4n) is 2.26. The number of amides is 1. The number of rotatable bonds is 4. The van der Waals surface area contributed by atoms with Crippen molar-refractivity contribution in [3.8, 4) is 5.75 Å². The Labute approximate surface area is 110 Å². The molecule has 1 heterocycles. The van der Waals surface area contributed by atoms with Gasteiger partial charge < -0.3 is 10.1 Å². The number of benzene rings is 1. The average molecular weight is 264 g/mol. The lowest BCUT2D eigenvalue weighted by molar-refractivity contribution is -0.529. The van der Waals surface area contributed by atoms with Crippen molar-refractivity contribution >= 4 is 5.91 Å². The number of carbonyl (C=O) groups is 1. The van der Waals surface area contributed by atoms with Crippen molar-refractivity contribution in [3.63, 3.8) is 0 Å². The molecule has 0 bridgehead atoms. The van der Waals surface area contributed by atoms with E-state index in [9.17, 15) is 14.9 Å². The Morgan fingerprint density at radius 3 is 2.68 bits per heavy atom. The van der Waals surface area contributed by atoms with E-state index in [1.165, 1.54) is 0 Å². The Balaban J connectivity index is 2.21. The Morgan fingerprint density at radius 1 is 1.42 bits per heavy atom. The number of piperidine rings is 1. The number of ether oxygens (including phenoxy) is 1. The van der Waals surface area contributed by atoms with E-state index < -0.39 is 12.1 Å². The van der Waals surface area contributed by atoms with Crippen molar-refractivity contribution < 1.29 is 14.5 Å². The molecule has 0 aliphatic carbocycles. The Kier molecular flexibility index (Phi) is 3.99. The van der Waals surface area contributed by atoms with Gasteiger partial charge >= 0.3 is 0 Å². The molecule has 0 aromatic heterocycles. The molecule has 0 spiro atoms. The summed E-state index contributed by atoms with van der Waals surface area (Å²) in [4.78, 5) is 22.2. The second kappa shape index (κ2) is 5.69. The van der Waals surface area contributed by atoms with Gasteiger partial charge in [0.1, 0.15) is 11.8 Å². The van der Waals surface area contributed by atoms with Gasteiger partial charge in [0.2, 0.25) is 11.9 Å². The molecule has 2 rings (SSSR count). The summed E-state index contributed by atoms with van der Waals surface area (Å²) in [7, 11) is 0. The molecule has 2 atom stereocenters. The molecule has 0 saturated carbocycles. The highest BCUT2D eigenvalue weighted by molar-refractivity contribution is 5.77. The maximum Gasteiger partial charge on any atom is 0.237 e. The van der Waals surface area contributed by atoms with Crippen molar-refractivity contribution in [3.05, 3.63) is 39.9 Å². The van der Waals surface area contributed by atoms with Crippen molar-refractivity contribution in [1.82, 2.24) is 5.32 Å². The quantitative estimate of drug-likeness (QED) is 0.662. The third kappa shape index (κ3) is 3.01. The van der Waals surface area contributed by atoms with Crippen LogP contribution < -0.4 is 10.1 Å². The largest absolute Gasteiger partial charge is 0.494 e. The normalized spacial score (nSPS) is 22.7. The van der Waals surface area contributed by atoms with Gasteiger partial charge in [-0.3, -0.25) is 14.9 Å². The maximum atomic E-state index is 11.4. The van der Waals surface area contributed by atoms with Crippen LogP contribution in [0.5, 0.6) is 5.75 Å². The summed E-state index contributed by atoms with van der Waals surface area (Å²) >= 11 is 0. The van der Waals surface area contributed by atoms with Crippen LogP contribution in [0.25, 0.3) is 0 Å². The molecule has 1 aromatic carbocycles. The summed E-state index contributed by atoms with van der Waals surface area (Å²) in [5.74, 6) is 0.572. The zero-order valence-corrected chi connectivity index (χ0v) is 10.7. The summed E-state index contributed by atoms with van der Waals surface area (Å²) in [6, 6.07) is 5.71. The van der Waals surface area contributed by atoms with Crippen molar-refractivity contribution in [2.24, 2.45) is 0 Å². The SMILES string of the molecule is CCOc1ccc([C@H]2NC(=O)CC[C@H]2[N+](=O)[O-])cc1. The average Bonchev–Trinajstić information content (AvgIpc) is 2.39. The first-order chi connectivity index (χ1) is 9.11. The first-order valence-electron chi connectivity index (χ1n) is 6.27. The van der Waals surface area contributed by atoms with Crippen LogP contribution in [0.2, 0.25) is 0 Å². The lowest BCUT2D eigenvalue weighted by Gasteiger charge is -2.26. The summed E-state index contributed by atoms with van der Waals surface area (Å²) in [6.07, 6.45) is 0.482. The summed E-state index contributed by atoms with van der Waals surface area (Å²) in [5.41, 5.74) is 0.734. The molecule has 6 heteroatoms. The fraction of sp³-hybridized carbons (Fsp3) is 0.462. The van der Waals surface area contributed by atoms with Crippen LogP contribution >= 0.6 is 0 Å². The van der Waals surface area contributed by atoms with Crippen molar-refractivity contribution in [2.45, 2.75) is 31.8 Å². The molecule has 1 fully saturated rings. The van der Waals surface area contributed by atoms with Gasteiger partial charge in [-0.15, -0.1) is 0 Å². The predicted molar refractivity (Wildman–Crippen MR) is 68.5 cm³/mol.